The lowest BCUT2D eigenvalue weighted by atomic mass is 10.0. The molecule has 1 aromatic carbocycles. The summed E-state index contributed by atoms with van der Waals surface area (Å²) in [4.78, 5) is 36.0. The number of hydrogen-bond acceptors (Lipinski definition) is 4. The van der Waals surface area contributed by atoms with Crippen molar-refractivity contribution < 1.29 is 19.5 Å². The zero-order valence-corrected chi connectivity index (χ0v) is 12.5. The highest BCUT2D eigenvalue weighted by molar-refractivity contribution is 8.14. The van der Waals surface area contributed by atoms with Crippen molar-refractivity contribution in [3.8, 4) is 0 Å². The molecule has 1 amide bonds. The molecule has 21 heavy (non-hydrogen) atoms. The molecule has 0 aliphatic carbocycles. The van der Waals surface area contributed by atoms with E-state index in [0.29, 0.717) is 6.54 Å². The van der Waals surface area contributed by atoms with Crippen LogP contribution in [0.25, 0.3) is 0 Å². The molecule has 0 radical (unpaired) electrons. The molecule has 0 spiro atoms. The number of carbonyl (C=O) groups is 3. The molecule has 1 saturated heterocycles. The topological polar surface area (TPSA) is 74.7 Å². The molecule has 2 unspecified atom stereocenters. The third-order valence-corrected chi connectivity index (χ3v) is 4.37. The minimum absolute atomic E-state index is 0.0239. The van der Waals surface area contributed by atoms with Gasteiger partial charge in [-0.3, -0.25) is 14.4 Å². The number of nitrogens with zero attached hydrogens (tertiary/aromatic N) is 1. The van der Waals surface area contributed by atoms with Crippen LogP contribution in [0.1, 0.15) is 31.4 Å². The molecular weight excluding hydrogens is 290 g/mol. The summed E-state index contributed by atoms with van der Waals surface area (Å²) < 4.78 is 0. The molecular formula is C15H17NO4S. The monoisotopic (exact) mass is 307 g/mol. The highest BCUT2D eigenvalue weighted by Crippen LogP contribution is 2.33. The Balaban J connectivity index is 2.19. The number of carbonyl (C=O) groups excluding carboxylic acids is 2. The van der Waals surface area contributed by atoms with Crippen LogP contribution < -0.4 is 0 Å². The Hall–Kier alpha value is -1.82. The van der Waals surface area contributed by atoms with E-state index in [0.717, 1.165) is 17.3 Å². The largest absolute Gasteiger partial charge is 0.481 e. The van der Waals surface area contributed by atoms with Crippen LogP contribution in [0.3, 0.4) is 0 Å². The van der Waals surface area contributed by atoms with Gasteiger partial charge in [-0.05, 0) is 5.56 Å². The zero-order chi connectivity index (χ0) is 15.4. The first-order chi connectivity index (χ1) is 9.97. The van der Waals surface area contributed by atoms with Gasteiger partial charge < -0.3 is 10.0 Å². The molecule has 1 aliphatic rings. The lowest BCUT2D eigenvalue weighted by molar-refractivity contribution is -0.140. The van der Waals surface area contributed by atoms with Crippen molar-refractivity contribution in [1.29, 1.82) is 0 Å². The lowest BCUT2D eigenvalue weighted by Crippen LogP contribution is -2.32. The van der Waals surface area contributed by atoms with Crippen LogP contribution in [0.4, 0.5) is 0 Å². The van der Waals surface area contributed by atoms with Crippen molar-refractivity contribution in [3.63, 3.8) is 0 Å². The molecule has 5 nitrogen and oxygen atoms in total. The summed E-state index contributed by atoms with van der Waals surface area (Å²) in [6.45, 7) is 1.89. The van der Waals surface area contributed by atoms with Crippen LogP contribution in [0.15, 0.2) is 30.3 Å². The van der Waals surface area contributed by atoms with Gasteiger partial charge in [0, 0.05) is 25.1 Å². The average Bonchev–Trinajstić information content (AvgIpc) is 2.76. The second kappa shape index (κ2) is 6.76. The van der Waals surface area contributed by atoms with Crippen LogP contribution in [-0.2, 0) is 14.4 Å². The molecule has 1 aromatic rings. The maximum atomic E-state index is 12.2. The van der Waals surface area contributed by atoms with Crippen LogP contribution in [0.5, 0.6) is 0 Å². The molecule has 1 N–H and O–H groups in total. The van der Waals surface area contributed by atoms with Crippen LogP contribution in [0, 0.1) is 0 Å². The van der Waals surface area contributed by atoms with Crippen molar-refractivity contribution in [2.45, 2.75) is 31.1 Å². The first-order valence-corrected chi connectivity index (χ1v) is 7.58. The van der Waals surface area contributed by atoms with E-state index in [4.69, 9.17) is 5.11 Å². The Morgan fingerprint density at radius 3 is 2.62 bits per heavy atom. The van der Waals surface area contributed by atoms with Gasteiger partial charge in [-0.25, -0.2) is 0 Å². The van der Waals surface area contributed by atoms with Gasteiger partial charge in [0.25, 0.3) is 0 Å². The molecule has 1 aliphatic heterocycles. The highest BCUT2D eigenvalue weighted by Gasteiger charge is 2.36. The quantitative estimate of drug-likeness (QED) is 0.901. The molecule has 2 atom stereocenters. The number of carboxylic acids is 1. The van der Waals surface area contributed by atoms with E-state index in [1.54, 1.807) is 4.90 Å². The number of thioether (sulfide) groups is 1. The molecule has 0 aromatic heterocycles. The fraction of sp³-hybridized carbons (Fsp3) is 0.400. The van der Waals surface area contributed by atoms with Gasteiger partial charge in [-0.15, -0.1) is 0 Å². The average molecular weight is 307 g/mol. The number of rotatable bonds is 5. The maximum absolute atomic E-state index is 12.2. The van der Waals surface area contributed by atoms with Crippen molar-refractivity contribution in [3.05, 3.63) is 35.9 Å². The van der Waals surface area contributed by atoms with E-state index < -0.39 is 12.0 Å². The van der Waals surface area contributed by atoms with Crippen molar-refractivity contribution in [2.75, 3.05) is 6.54 Å². The SMILES string of the molecule is CC(=O)SC1CC(=O)N(C(CC(=O)O)c2ccccc2)C1. The van der Waals surface area contributed by atoms with E-state index in [1.807, 2.05) is 30.3 Å². The predicted octanol–water partition coefficient (Wildman–Crippen LogP) is 2.08. The molecule has 0 bridgehead atoms. The third kappa shape index (κ3) is 4.07. The van der Waals surface area contributed by atoms with Crippen LogP contribution >= 0.6 is 11.8 Å². The second-order valence-electron chi connectivity index (χ2n) is 5.01. The van der Waals surface area contributed by atoms with Gasteiger partial charge in [0.15, 0.2) is 5.12 Å². The number of aliphatic carboxylic acids is 1. The number of benzene rings is 1. The number of hydrogen-bond donors (Lipinski definition) is 1. The molecule has 1 heterocycles. The second-order valence-corrected chi connectivity index (χ2v) is 6.48. The van der Waals surface area contributed by atoms with Gasteiger partial charge in [0.05, 0.1) is 12.5 Å². The maximum Gasteiger partial charge on any atom is 0.305 e. The summed E-state index contributed by atoms with van der Waals surface area (Å²) in [7, 11) is 0. The van der Waals surface area contributed by atoms with Gasteiger partial charge >= 0.3 is 5.97 Å². The summed E-state index contributed by atoms with van der Waals surface area (Å²) in [5, 5.41) is 8.99. The summed E-state index contributed by atoms with van der Waals surface area (Å²) in [5.74, 6) is -1.04. The normalized spacial score (nSPS) is 19.6. The van der Waals surface area contributed by atoms with Gasteiger partial charge in [-0.1, -0.05) is 42.1 Å². The number of likely N-dealkylation sites (tertiary alicyclic amines) is 1. The summed E-state index contributed by atoms with van der Waals surface area (Å²) in [6, 6.07) is 8.67. The van der Waals surface area contributed by atoms with Crippen LogP contribution in [0.2, 0.25) is 0 Å². The Morgan fingerprint density at radius 1 is 1.38 bits per heavy atom. The molecule has 0 saturated carbocycles. The first-order valence-electron chi connectivity index (χ1n) is 6.71. The minimum Gasteiger partial charge on any atom is -0.481 e. The Bertz CT molecular complexity index is 546. The number of amides is 1. The fourth-order valence-electron chi connectivity index (χ4n) is 2.56. The van der Waals surface area contributed by atoms with E-state index in [2.05, 4.69) is 0 Å². The summed E-state index contributed by atoms with van der Waals surface area (Å²) in [5.41, 5.74) is 0.807. The van der Waals surface area contributed by atoms with Gasteiger partial charge in [0.1, 0.15) is 0 Å². The molecule has 1 fully saturated rings. The lowest BCUT2D eigenvalue weighted by Gasteiger charge is -2.27. The molecule has 6 heteroatoms. The highest BCUT2D eigenvalue weighted by atomic mass is 32.2. The standard InChI is InChI=1S/C15H17NO4S/c1-10(17)21-12-7-14(18)16(9-12)13(8-15(19)20)11-5-3-2-4-6-11/h2-6,12-13H,7-9H2,1H3,(H,19,20). The zero-order valence-electron chi connectivity index (χ0n) is 11.7. The van der Waals surface area contributed by atoms with Gasteiger partial charge in [-0.2, -0.15) is 0 Å². The Morgan fingerprint density at radius 2 is 2.05 bits per heavy atom. The van der Waals surface area contributed by atoms with E-state index in [9.17, 15) is 14.4 Å². The van der Waals surface area contributed by atoms with E-state index in [-0.39, 0.29) is 29.1 Å². The van der Waals surface area contributed by atoms with Crippen molar-refractivity contribution in [2.24, 2.45) is 0 Å². The molecule has 112 valence electrons. The smallest absolute Gasteiger partial charge is 0.305 e. The summed E-state index contributed by atoms with van der Waals surface area (Å²) in [6.07, 6.45) is 0.153. The summed E-state index contributed by atoms with van der Waals surface area (Å²) >= 11 is 1.15. The Labute approximate surface area is 127 Å². The van der Waals surface area contributed by atoms with E-state index >= 15 is 0 Å². The first kappa shape index (κ1) is 15.6. The third-order valence-electron chi connectivity index (χ3n) is 3.38. The minimum atomic E-state index is -0.945. The van der Waals surface area contributed by atoms with Crippen LogP contribution in [-0.4, -0.2) is 38.8 Å². The van der Waals surface area contributed by atoms with Crippen molar-refractivity contribution in [1.82, 2.24) is 4.90 Å². The molecule has 2 rings (SSSR count). The fourth-order valence-corrected chi connectivity index (χ4v) is 3.49. The number of carboxylic acid groups (broad SMARTS) is 1. The predicted molar refractivity (Wildman–Crippen MR) is 79.8 cm³/mol. The Kier molecular flexibility index (Phi) is 5.01. The van der Waals surface area contributed by atoms with Crippen molar-refractivity contribution >= 4 is 28.8 Å². The van der Waals surface area contributed by atoms with Gasteiger partial charge in [0.2, 0.25) is 5.91 Å². The van der Waals surface area contributed by atoms with E-state index in [1.165, 1.54) is 6.92 Å².